The Kier molecular flexibility index (Phi) is 4.47. The SMILES string of the molecule is O=C1C=C(NNC(=O)c2ccncc2)C[C@H](c2ccccc2)C1. The van der Waals surface area contributed by atoms with Crippen LogP contribution in [0.4, 0.5) is 0 Å². The van der Waals surface area contributed by atoms with Gasteiger partial charge in [-0.2, -0.15) is 0 Å². The van der Waals surface area contributed by atoms with E-state index in [0.29, 0.717) is 18.4 Å². The summed E-state index contributed by atoms with van der Waals surface area (Å²) < 4.78 is 0. The lowest BCUT2D eigenvalue weighted by Gasteiger charge is -2.23. The third kappa shape index (κ3) is 3.83. The van der Waals surface area contributed by atoms with Gasteiger partial charge in [-0.1, -0.05) is 30.3 Å². The maximum absolute atomic E-state index is 12.0. The van der Waals surface area contributed by atoms with Crippen LogP contribution >= 0.6 is 0 Å². The third-order valence-electron chi connectivity index (χ3n) is 3.80. The maximum Gasteiger partial charge on any atom is 0.269 e. The Morgan fingerprint density at radius 1 is 1.04 bits per heavy atom. The monoisotopic (exact) mass is 307 g/mol. The van der Waals surface area contributed by atoms with E-state index in [0.717, 1.165) is 11.3 Å². The van der Waals surface area contributed by atoms with Crippen LogP contribution in [0.3, 0.4) is 0 Å². The number of allylic oxidation sites excluding steroid dienone is 2. The molecule has 1 aromatic carbocycles. The van der Waals surface area contributed by atoms with Crippen LogP contribution in [-0.2, 0) is 4.79 Å². The van der Waals surface area contributed by atoms with Crippen molar-refractivity contribution in [3.63, 3.8) is 0 Å². The summed E-state index contributed by atoms with van der Waals surface area (Å²) in [6.07, 6.45) is 5.86. The molecule has 0 unspecified atom stereocenters. The number of pyridine rings is 1. The Hall–Kier alpha value is -2.95. The lowest BCUT2D eigenvalue weighted by molar-refractivity contribution is -0.115. The molecule has 2 N–H and O–H groups in total. The molecule has 5 heteroatoms. The van der Waals surface area contributed by atoms with Gasteiger partial charge in [0.1, 0.15) is 0 Å². The molecule has 1 aromatic heterocycles. The summed E-state index contributed by atoms with van der Waals surface area (Å²) in [4.78, 5) is 27.8. The second-order valence-electron chi connectivity index (χ2n) is 5.47. The van der Waals surface area contributed by atoms with E-state index >= 15 is 0 Å². The van der Waals surface area contributed by atoms with Crippen molar-refractivity contribution in [1.82, 2.24) is 15.8 Å². The number of nitrogens with one attached hydrogen (secondary N) is 2. The fourth-order valence-corrected chi connectivity index (χ4v) is 2.65. The highest BCUT2D eigenvalue weighted by molar-refractivity contribution is 5.94. The van der Waals surface area contributed by atoms with E-state index < -0.39 is 0 Å². The molecule has 0 fully saturated rings. The normalized spacial score (nSPS) is 17.3. The molecule has 1 atom stereocenters. The first-order chi connectivity index (χ1) is 11.2. The van der Waals surface area contributed by atoms with Gasteiger partial charge in [-0.05, 0) is 30.0 Å². The van der Waals surface area contributed by atoms with E-state index in [2.05, 4.69) is 15.8 Å². The minimum absolute atomic E-state index is 0.0609. The number of nitrogens with zero attached hydrogens (tertiary/aromatic N) is 1. The molecule has 1 heterocycles. The van der Waals surface area contributed by atoms with Crippen molar-refractivity contribution in [3.8, 4) is 0 Å². The molecule has 0 radical (unpaired) electrons. The number of benzene rings is 1. The van der Waals surface area contributed by atoms with E-state index in [1.807, 2.05) is 30.3 Å². The fourth-order valence-electron chi connectivity index (χ4n) is 2.65. The second kappa shape index (κ2) is 6.87. The van der Waals surface area contributed by atoms with Crippen LogP contribution in [0.25, 0.3) is 0 Å². The van der Waals surface area contributed by atoms with Crippen LogP contribution in [0.1, 0.15) is 34.7 Å². The van der Waals surface area contributed by atoms with Crippen molar-refractivity contribution in [1.29, 1.82) is 0 Å². The van der Waals surface area contributed by atoms with Crippen LogP contribution in [-0.4, -0.2) is 16.7 Å². The molecular formula is C18H17N3O2. The van der Waals surface area contributed by atoms with Gasteiger partial charge in [0.2, 0.25) is 0 Å². The first-order valence-electron chi connectivity index (χ1n) is 7.47. The quantitative estimate of drug-likeness (QED) is 0.851. The summed E-state index contributed by atoms with van der Waals surface area (Å²) in [5, 5.41) is 0. The summed E-state index contributed by atoms with van der Waals surface area (Å²) in [6.45, 7) is 0. The zero-order valence-corrected chi connectivity index (χ0v) is 12.5. The lowest BCUT2D eigenvalue weighted by atomic mass is 9.86. The minimum Gasteiger partial charge on any atom is -0.302 e. The highest BCUT2D eigenvalue weighted by Crippen LogP contribution is 2.29. The Labute approximate surface area is 134 Å². The fraction of sp³-hybridized carbons (Fsp3) is 0.167. The van der Waals surface area contributed by atoms with Crippen LogP contribution < -0.4 is 10.9 Å². The predicted molar refractivity (Wildman–Crippen MR) is 86.3 cm³/mol. The van der Waals surface area contributed by atoms with Gasteiger partial charge in [-0.15, -0.1) is 0 Å². The van der Waals surface area contributed by atoms with Crippen molar-refractivity contribution in [2.24, 2.45) is 0 Å². The highest BCUT2D eigenvalue weighted by Gasteiger charge is 2.22. The van der Waals surface area contributed by atoms with Gasteiger partial charge in [-0.3, -0.25) is 20.0 Å². The second-order valence-corrected chi connectivity index (χ2v) is 5.47. The predicted octanol–water partition coefficient (Wildman–Crippen LogP) is 2.35. The molecule has 1 amide bonds. The minimum atomic E-state index is -0.261. The largest absolute Gasteiger partial charge is 0.302 e. The van der Waals surface area contributed by atoms with Crippen molar-refractivity contribution < 1.29 is 9.59 Å². The highest BCUT2D eigenvalue weighted by atomic mass is 16.2. The topological polar surface area (TPSA) is 71.1 Å². The number of hydrazine groups is 1. The van der Waals surface area contributed by atoms with Crippen LogP contribution in [0.5, 0.6) is 0 Å². The summed E-state index contributed by atoms with van der Waals surface area (Å²) >= 11 is 0. The Bertz CT molecular complexity index is 726. The van der Waals surface area contributed by atoms with Crippen LogP contribution in [0.15, 0.2) is 66.6 Å². The zero-order valence-electron chi connectivity index (χ0n) is 12.5. The molecule has 116 valence electrons. The molecule has 0 bridgehead atoms. The first kappa shape index (κ1) is 15.0. The van der Waals surface area contributed by atoms with Gasteiger partial charge < -0.3 is 5.43 Å². The van der Waals surface area contributed by atoms with Crippen molar-refractivity contribution in [2.45, 2.75) is 18.8 Å². The van der Waals surface area contributed by atoms with Gasteiger partial charge in [-0.25, -0.2) is 0 Å². The number of hydrogen-bond acceptors (Lipinski definition) is 4. The number of rotatable bonds is 4. The molecule has 5 nitrogen and oxygen atoms in total. The van der Waals surface area contributed by atoms with E-state index in [9.17, 15) is 9.59 Å². The lowest BCUT2D eigenvalue weighted by Crippen LogP contribution is -2.38. The van der Waals surface area contributed by atoms with E-state index in [4.69, 9.17) is 0 Å². The average molecular weight is 307 g/mol. The number of carbonyl (C=O) groups excluding carboxylic acids is 2. The number of aromatic nitrogens is 1. The van der Waals surface area contributed by atoms with Crippen molar-refractivity contribution in [2.75, 3.05) is 0 Å². The van der Waals surface area contributed by atoms with Gasteiger partial charge in [0.15, 0.2) is 5.78 Å². The molecule has 1 aliphatic rings. The Morgan fingerprint density at radius 3 is 2.52 bits per heavy atom. The Balaban J connectivity index is 1.64. The molecule has 0 saturated carbocycles. The van der Waals surface area contributed by atoms with Gasteiger partial charge in [0.25, 0.3) is 5.91 Å². The smallest absolute Gasteiger partial charge is 0.269 e. The van der Waals surface area contributed by atoms with Crippen LogP contribution in [0, 0.1) is 0 Å². The van der Waals surface area contributed by atoms with E-state index in [1.165, 1.54) is 0 Å². The molecule has 0 aliphatic heterocycles. The third-order valence-corrected chi connectivity index (χ3v) is 3.80. The van der Waals surface area contributed by atoms with Crippen molar-refractivity contribution in [3.05, 3.63) is 77.8 Å². The first-order valence-corrected chi connectivity index (χ1v) is 7.47. The summed E-state index contributed by atoms with van der Waals surface area (Å²) in [7, 11) is 0. The molecule has 0 saturated heterocycles. The number of ketones is 1. The number of carbonyl (C=O) groups is 2. The van der Waals surface area contributed by atoms with Crippen LogP contribution in [0.2, 0.25) is 0 Å². The summed E-state index contributed by atoms with van der Waals surface area (Å²) in [6, 6.07) is 13.2. The van der Waals surface area contributed by atoms with E-state index in [-0.39, 0.29) is 17.6 Å². The van der Waals surface area contributed by atoms with Crippen molar-refractivity contribution >= 4 is 11.7 Å². The number of hydrogen-bond donors (Lipinski definition) is 2. The molecule has 3 rings (SSSR count). The Morgan fingerprint density at radius 2 is 1.78 bits per heavy atom. The van der Waals surface area contributed by atoms with E-state index in [1.54, 1.807) is 30.6 Å². The van der Waals surface area contributed by atoms with Gasteiger partial charge >= 0.3 is 0 Å². The standard InChI is InChI=1S/C18H17N3O2/c22-17-11-15(13-4-2-1-3-5-13)10-16(12-17)20-21-18(23)14-6-8-19-9-7-14/h1-9,12,15,20H,10-11H2,(H,21,23)/t15-/m0/s1. The summed E-state index contributed by atoms with van der Waals surface area (Å²) in [5.74, 6) is -0.0672. The van der Waals surface area contributed by atoms with Gasteiger partial charge in [0, 0.05) is 36.2 Å². The molecule has 23 heavy (non-hydrogen) atoms. The molecule has 1 aliphatic carbocycles. The summed E-state index contributed by atoms with van der Waals surface area (Å²) in [5.41, 5.74) is 7.86. The zero-order chi connectivity index (χ0) is 16.1. The molecular weight excluding hydrogens is 290 g/mol. The average Bonchev–Trinajstić information content (AvgIpc) is 2.61. The molecule has 0 spiro atoms. The maximum atomic E-state index is 12.0. The number of amides is 1. The van der Waals surface area contributed by atoms with Gasteiger partial charge in [0.05, 0.1) is 0 Å². The molecule has 2 aromatic rings.